The van der Waals surface area contributed by atoms with Crippen molar-refractivity contribution in [3.8, 4) is 0 Å². The molecule has 0 aliphatic carbocycles. The zero-order chi connectivity index (χ0) is 11.4. The van der Waals surface area contributed by atoms with Crippen LogP contribution in [0, 0.1) is 13.8 Å². The molecule has 0 saturated heterocycles. The highest BCUT2D eigenvalue weighted by molar-refractivity contribution is 4.85. The number of hydrogen-bond donors (Lipinski definition) is 0. The second-order valence-corrected chi connectivity index (χ2v) is 3.65. The fourth-order valence-electron chi connectivity index (χ4n) is 1.10. The van der Waals surface area contributed by atoms with Crippen LogP contribution in [0.2, 0.25) is 0 Å². The lowest BCUT2D eigenvalue weighted by atomic mass is 10.7. The first kappa shape index (κ1) is 15.2. The van der Waals surface area contributed by atoms with E-state index in [0.717, 1.165) is 5.82 Å². The van der Waals surface area contributed by atoms with Crippen LogP contribution in [0.5, 0.6) is 0 Å². The number of aryl methyl sites for hydroxylation is 4. The van der Waals surface area contributed by atoms with Gasteiger partial charge < -0.3 is 28.5 Å². The van der Waals surface area contributed by atoms with Gasteiger partial charge in [-0.25, -0.2) is 14.1 Å². The molecule has 2 heterocycles. The van der Waals surface area contributed by atoms with Crippen molar-refractivity contribution in [2.75, 3.05) is 0 Å². The first-order valence-electron chi connectivity index (χ1n) is 4.94. The summed E-state index contributed by atoms with van der Waals surface area (Å²) < 4.78 is 6.14. The highest BCUT2D eigenvalue weighted by Crippen LogP contribution is 1.87. The third-order valence-corrected chi connectivity index (χ3v) is 2.60. The highest BCUT2D eigenvalue weighted by Gasteiger charge is 2.00. The quantitative estimate of drug-likeness (QED) is 0.400. The lowest BCUT2D eigenvalue weighted by molar-refractivity contribution is -0.677. The summed E-state index contributed by atoms with van der Waals surface area (Å²) in [5, 5.41) is 0. The minimum absolute atomic E-state index is 0. The summed E-state index contributed by atoms with van der Waals surface area (Å²) in [5.41, 5.74) is 0. The van der Waals surface area contributed by atoms with E-state index >= 15 is 0 Å². The second-order valence-electron chi connectivity index (χ2n) is 3.65. The molecule has 5 heteroatoms. The molecule has 0 unspecified atom stereocenters. The van der Waals surface area contributed by atoms with Gasteiger partial charge in [0.25, 0.3) is 5.82 Å². The molecule has 0 aliphatic rings. The summed E-state index contributed by atoms with van der Waals surface area (Å²) in [6.07, 6.45) is 7.79. The fourth-order valence-corrected chi connectivity index (χ4v) is 1.10. The Hall–Kier alpha value is -0.850. The van der Waals surface area contributed by atoms with E-state index in [1.54, 1.807) is 6.20 Å². The summed E-state index contributed by atoms with van der Waals surface area (Å²) in [7, 11) is 6.05. The van der Waals surface area contributed by atoms with Gasteiger partial charge in [-0.2, -0.15) is 0 Å². The van der Waals surface area contributed by atoms with E-state index < -0.39 is 0 Å². The summed E-state index contributed by atoms with van der Waals surface area (Å²) >= 11 is 0. The number of aromatic nitrogens is 4. The maximum atomic E-state index is 3.98. The fraction of sp³-hybridized carbons (Fsp3) is 0.455. The van der Waals surface area contributed by atoms with E-state index in [4.69, 9.17) is 0 Å². The van der Waals surface area contributed by atoms with Gasteiger partial charge in [0.2, 0.25) is 0 Å². The molecule has 0 amide bonds. The molecule has 0 spiro atoms. The Morgan fingerprint density at radius 3 is 1.88 bits per heavy atom. The largest absolute Gasteiger partial charge is 1.00 e. The molecule has 2 aromatic heterocycles. The van der Waals surface area contributed by atoms with Gasteiger partial charge >= 0.3 is 0 Å². The first-order valence-corrected chi connectivity index (χ1v) is 4.94. The van der Waals surface area contributed by atoms with E-state index in [0.29, 0.717) is 0 Å². The van der Waals surface area contributed by atoms with Crippen LogP contribution < -0.4 is 28.5 Å². The number of hydrogen-bond acceptors (Lipinski definition) is 1. The van der Waals surface area contributed by atoms with Crippen molar-refractivity contribution in [1.82, 2.24) is 14.1 Å². The van der Waals surface area contributed by atoms with Crippen LogP contribution in [0.15, 0.2) is 24.8 Å². The van der Waals surface area contributed by atoms with Crippen molar-refractivity contribution >= 4 is 0 Å². The average molecular weight is 334 g/mol. The Morgan fingerprint density at radius 2 is 1.75 bits per heavy atom. The van der Waals surface area contributed by atoms with E-state index in [-0.39, 0.29) is 24.0 Å². The van der Waals surface area contributed by atoms with Crippen LogP contribution >= 0.6 is 0 Å². The number of imidazole rings is 2. The van der Waals surface area contributed by atoms with Crippen molar-refractivity contribution in [2.24, 2.45) is 21.1 Å². The second kappa shape index (κ2) is 6.67. The van der Waals surface area contributed by atoms with E-state index in [1.807, 2.05) is 51.2 Å². The monoisotopic (exact) mass is 334 g/mol. The number of rotatable bonds is 0. The summed E-state index contributed by atoms with van der Waals surface area (Å²) in [5.74, 6) is 2.32. The van der Waals surface area contributed by atoms with Crippen LogP contribution in [0.25, 0.3) is 0 Å². The topological polar surface area (TPSA) is 26.6 Å². The predicted molar refractivity (Wildman–Crippen MR) is 59.3 cm³/mol. The van der Waals surface area contributed by atoms with E-state index in [2.05, 4.69) is 21.0 Å². The lowest BCUT2D eigenvalue weighted by Gasteiger charge is -1.87. The molecule has 2 aromatic rings. The molecule has 4 nitrogen and oxygen atoms in total. The highest BCUT2D eigenvalue weighted by atomic mass is 127. The van der Waals surface area contributed by atoms with Crippen LogP contribution in [0.4, 0.5) is 0 Å². The molecular weight excluding hydrogens is 315 g/mol. The van der Waals surface area contributed by atoms with Gasteiger partial charge in [-0.05, 0) is 6.92 Å². The third kappa shape index (κ3) is 3.96. The Bertz CT molecular complexity index is 395. The molecular formula is C11H19IN4. The molecule has 0 N–H and O–H groups in total. The molecule has 0 fully saturated rings. The normalized spacial score (nSPS) is 9.06. The predicted octanol–water partition coefficient (Wildman–Crippen LogP) is -2.11. The number of nitrogens with zero attached hydrogens (tertiary/aromatic N) is 4. The summed E-state index contributed by atoms with van der Waals surface area (Å²) in [6, 6.07) is 0. The number of halogens is 1. The van der Waals surface area contributed by atoms with E-state index in [1.165, 1.54) is 5.82 Å². The molecule has 0 radical (unpaired) electrons. The van der Waals surface area contributed by atoms with E-state index in [9.17, 15) is 0 Å². The van der Waals surface area contributed by atoms with Gasteiger partial charge in [0.1, 0.15) is 18.2 Å². The minimum Gasteiger partial charge on any atom is -1.00 e. The summed E-state index contributed by atoms with van der Waals surface area (Å²) in [4.78, 5) is 3.98. The van der Waals surface area contributed by atoms with Gasteiger partial charge in [-0.1, -0.05) is 0 Å². The maximum Gasteiger partial charge on any atom is 0.252 e. The Labute approximate surface area is 114 Å². The zero-order valence-electron chi connectivity index (χ0n) is 10.5. The van der Waals surface area contributed by atoms with Gasteiger partial charge in [-0.15, -0.1) is 0 Å². The first-order chi connectivity index (χ1) is 7.02. The summed E-state index contributed by atoms with van der Waals surface area (Å²) in [6.45, 7) is 4.06. The van der Waals surface area contributed by atoms with Gasteiger partial charge in [0.15, 0.2) is 0 Å². The van der Waals surface area contributed by atoms with Gasteiger partial charge in [0.05, 0.1) is 14.1 Å². The van der Waals surface area contributed by atoms with Crippen molar-refractivity contribution < 1.29 is 28.5 Å². The lowest BCUT2D eigenvalue weighted by Crippen LogP contribution is -3.00. The molecule has 0 aromatic carbocycles. The maximum absolute atomic E-state index is 3.98. The Balaban J connectivity index is 0.000000267. The SMILES string of the molecule is Cc1n(C)cc[n+]1C.Cc1nccn1C.[I-]. The minimum atomic E-state index is 0. The molecule has 0 atom stereocenters. The van der Waals surface area contributed by atoms with Crippen molar-refractivity contribution in [1.29, 1.82) is 0 Å². The van der Waals surface area contributed by atoms with Crippen LogP contribution in [0.3, 0.4) is 0 Å². The van der Waals surface area contributed by atoms with Crippen molar-refractivity contribution in [3.63, 3.8) is 0 Å². The van der Waals surface area contributed by atoms with Crippen LogP contribution in [-0.2, 0) is 21.1 Å². The van der Waals surface area contributed by atoms with Gasteiger partial charge in [-0.3, -0.25) is 0 Å². The molecule has 16 heavy (non-hydrogen) atoms. The molecule has 0 aliphatic heterocycles. The average Bonchev–Trinajstić information content (AvgIpc) is 2.70. The van der Waals surface area contributed by atoms with Crippen LogP contribution in [0.1, 0.15) is 11.6 Å². The standard InChI is InChI=1S/C6H11N2.C5H8N2.HI/c1-6-7(2)4-5-8(6)3;1-5-6-3-4-7(5)2;/h4-5H,1-3H3;3-4H,1-2H3;1H/q+1;;/p-1. The van der Waals surface area contributed by atoms with Crippen molar-refractivity contribution in [3.05, 3.63) is 36.4 Å². The third-order valence-electron chi connectivity index (χ3n) is 2.60. The zero-order valence-corrected chi connectivity index (χ0v) is 12.6. The Morgan fingerprint density at radius 1 is 1.12 bits per heavy atom. The van der Waals surface area contributed by atoms with Gasteiger partial charge in [0, 0.05) is 26.4 Å². The van der Waals surface area contributed by atoms with Crippen LogP contribution in [-0.4, -0.2) is 14.1 Å². The smallest absolute Gasteiger partial charge is 0.252 e. The molecule has 0 bridgehead atoms. The molecule has 0 saturated carbocycles. The van der Waals surface area contributed by atoms with Crippen molar-refractivity contribution in [2.45, 2.75) is 13.8 Å². The molecule has 90 valence electrons. The molecule has 2 rings (SSSR count). The Kier molecular flexibility index (Phi) is 6.32.